The zero-order valence-corrected chi connectivity index (χ0v) is 17.2. The highest BCUT2D eigenvalue weighted by Gasteiger charge is 2.26. The zero-order valence-electron chi connectivity index (χ0n) is 15.7. The lowest BCUT2D eigenvalue weighted by Crippen LogP contribution is -2.42. The first-order valence-corrected chi connectivity index (χ1v) is 9.93. The Hall–Kier alpha value is -1.46. The molecule has 1 heterocycles. The Kier molecular flexibility index (Phi) is 8.04. The summed E-state index contributed by atoms with van der Waals surface area (Å²) < 4.78 is 0. The van der Waals surface area contributed by atoms with Gasteiger partial charge in [-0.05, 0) is 43.9 Å². The predicted molar refractivity (Wildman–Crippen MR) is 109 cm³/mol. The first kappa shape index (κ1) is 20.8. The number of carbonyl (C=O) groups is 1. The average Bonchev–Trinajstić information content (AvgIpc) is 3.03. The number of hydrogen-bond donors (Lipinski definition) is 2. The largest absolute Gasteiger partial charge is 0.356 e. The standard InChI is InChI=1S/C19H28Cl2N4O/c1-4-15(25-11-5-6-18(25)26)9-10-23-19(22-3)24-13(2)16-8-7-14(20)12-17(16)21/h7-8,12-13,15H,4-6,9-11H2,1-3H3,(H2,22,23,24). The molecule has 0 aromatic heterocycles. The summed E-state index contributed by atoms with van der Waals surface area (Å²) in [7, 11) is 1.74. The van der Waals surface area contributed by atoms with Gasteiger partial charge < -0.3 is 15.5 Å². The zero-order chi connectivity index (χ0) is 19.1. The first-order valence-electron chi connectivity index (χ1n) is 9.17. The van der Waals surface area contributed by atoms with Crippen LogP contribution in [0.15, 0.2) is 23.2 Å². The van der Waals surface area contributed by atoms with Gasteiger partial charge in [0.1, 0.15) is 0 Å². The molecule has 1 aliphatic heterocycles. The predicted octanol–water partition coefficient (Wildman–Crippen LogP) is 4.01. The van der Waals surface area contributed by atoms with Gasteiger partial charge in [-0.25, -0.2) is 0 Å². The molecule has 5 nitrogen and oxygen atoms in total. The van der Waals surface area contributed by atoms with Gasteiger partial charge in [-0.1, -0.05) is 36.2 Å². The molecule has 1 aromatic rings. The van der Waals surface area contributed by atoms with Gasteiger partial charge in [0.2, 0.25) is 5.91 Å². The van der Waals surface area contributed by atoms with E-state index in [0.717, 1.165) is 37.9 Å². The number of likely N-dealkylation sites (tertiary alicyclic amines) is 1. The average molecular weight is 399 g/mol. The van der Waals surface area contributed by atoms with E-state index in [1.807, 2.05) is 24.0 Å². The molecule has 7 heteroatoms. The molecular weight excluding hydrogens is 371 g/mol. The number of carbonyl (C=O) groups excluding carboxylic acids is 1. The Bertz CT molecular complexity index is 650. The fourth-order valence-electron chi connectivity index (χ4n) is 3.32. The molecular formula is C19H28Cl2N4O. The van der Waals surface area contributed by atoms with Gasteiger partial charge in [-0.15, -0.1) is 0 Å². The number of halogens is 2. The minimum absolute atomic E-state index is 0.00639. The number of hydrogen-bond acceptors (Lipinski definition) is 2. The van der Waals surface area contributed by atoms with Gasteiger partial charge in [0.15, 0.2) is 5.96 Å². The van der Waals surface area contributed by atoms with Crippen LogP contribution in [0.2, 0.25) is 10.0 Å². The first-order chi connectivity index (χ1) is 12.5. The molecule has 1 aromatic carbocycles. The summed E-state index contributed by atoms with van der Waals surface area (Å²) >= 11 is 12.2. The van der Waals surface area contributed by atoms with E-state index in [2.05, 4.69) is 22.5 Å². The lowest BCUT2D eigenvalue weighted by molar-refractivity contribution is -0.129. The normalized spacial score (nSPS) is 17.3. The summed E-state index contributed by atoms with van der Waals surface area (Å²) in [6.07, 6.45) is 3.53. The number of rotatable bonds is 7. The summed E-state index contributed by atoms with van der Waals surface area (Å²) in [5.74, 6) is 0.997. The summed E-state index contributed by atoms with van der Waals surface area (Å²) in [4.78, 5) is 18.2. The second-order valence-electron chi connectivity index (χ2n) is 6.57. The molecule has 1 amide bonds. The minimum atomic E-state index is -0.00639. The van der Waals surface area contributed by atoms with E-state index < -0.39 is 0 Å². The minimum Gasteiger partial charge on any atom is -0.356 e. The monoisotopic (exact) mass is 398 g/mol. The maximum absolute atomic E-state index is 11.9. The van der Waals surface area contributed by atoms with Crippen LogP contribution in [-0.2, 0) is 4.79 Å². The van der Waals surface area contributed by atoms with E-state index in [9.17, 15) is 4.79 Å². The van der Waals surface area contributed by atoms with Crippen LogP contribution < -0.4 is 10.6 Å². The summed E-state index contributed by atoms with van der Waals surface area (Å²) in [5, 5.41) is 7.93. The van der Waals surface area contributed by atoms with E-state index in [4.69, 9.17) is 23.2 Å². The number of guanidine groups is 1. The quantitative estimate of drug-likeness (QED) is 0.538. The van der Waals surface area contributed by atoms with Crippen molar-refractivity contribution in [3.8, 4) is 0 Å². The van der Waals surface area contributed by atoms with Crippen molar-refractivity contribution in [1.29, 1.82) is 0 Å². The topological polar surface area (TPSA) is 56.7 Å². The van der Waals surface area contributed by atoms with Gasteiger partial charge in [-0.2, -0.15) is 0 Å². The Labute approximate surface area is 166 Å². The van der Waals surface area contributed by atoms with Gasteiger partial charge in [0.25, 0.3) is 0 Å². The van der Waals surface area contributed by atoms with Crippen LogP contribution in [-0.4, -0.2) is 42.9 Å². The highest BCUT2D eigenvalue weighted by atomic mass is 35.5. The Balaban J connectivity index is 1.86. The molecule has 0 aliphatic carbocycles. The van der Waals surface area contributed by atoms with Crippen molar-refractivity contribution in [2.45, 2.75) is 51.6 Å². The summed E-state index contributed by atoms with van der Waals surface area (Å²) in [6.45, 7) is 5.80. The molecule has 0 bridgehead atoms. The number of nitrogens with one attached hydrogen (secondary N) is 2. The second-order valence-corrected chi connectivity index (χ2v) is 7.42. The van der Waals surface area contributed by atoms with E-state index in [1.165, 1.54) is 0 Å². The number of aliphatic imine (C=N–C) groups is 1. The number of amides is 1. The van der Waals surface area contributed by atoms with E-state index >= 15 is 0 Å². The molecule has 0 saturated carbocycles. The van der Waals surface area contributed by atoms with Crippen LogP contribution in [0.1, 0.15) is 51.1 Å². The van der Waals surface area contributed by atoms with Gasteiger partial charge in [-0.3, -0.25) is 9.79 Å². The Morgan fingerprint density at radius 2 is 2.15 bits per heavy atom. The lowest BCUT2D eigenvalue weighted by atomic mass is 10.1. The van der Waals surface area contributed by atoms with Crippen molar-refractivity contribution in [1.82, 2.24) is 15.5 Å². The van der Waals surface area contributed by atoms with Crippen molar-refractivity contribution >= 4 is 35.1 Å². The van der Waals surface area contributed by atoms with Gasteiger partial charge in [0, 0.05) is 42.6 Å². The summed E-state index contributed by atoms with van der Waals surface area (Å²) in [5.41, 5.74) is 0.966. The fraction of sp³-hybridized carbons (Fsp3) is 0.579. The third-order valence-electron chi connectivity index (χ3n) is 4.80. The van der Waals surface area contributed by atoms with Gasteiger partial charge >= 0.3 is 0 Å². The Morgan fingerprint density at radius 3 is 2.73 bits per heavy atom. The van der Waals surface area contributed by atoms with Crippen molar-refractivity contribution in [3.05, 3.63) is 33.8 Å². The SMILES string of the molecule is CCC(CCNC(=NC)NC(C)c1ccc(Cl)cc1Cl)N1CCCC1=O. The maximum atomic E-state index is 11.9. The van der Waals surface area contributed by atoms with Crippen LogP contribution in [0.4, 0.5) is 0 Å². The van der Waals surface area contributed by atoms with Crippen molar-refractivity contribution in [2.75, 3.05) is 20.1 Å². The van der Waals surface area contributed by atoms with E-state index in [-0.39, 0.29) is 11.9 Å². The smallest absolute Gasteiger partial charge is 0.222 e. The molecule has 1 saturated heterocycles. The van der Waals surface area contributed by atoms with Crippen LogP contribution in [0.5, 0.6) is 0 Å². The third-order valence-corrected chi connectivity index (χ3v) is 5.36. The van der Waals surface area contributed by atoms with Gasteiger partial charge in [0.05, 0.1) is 6.04 Å². The Morgan fingerprint density at radius 1 is 1.38 bits per heavy atom. The molecule has 144 valence electrons. The van der Waals surface area contributed by atoms with Crippen molar-refractivity contribution < 1.29 is 4.79 Å². The molecule has 1 fully saturated rings. The molecule has 2 unspecified atom stereocenters. The van der Waals surface area contributed by atoms with E-state index in [1.54, 1.807) is 13.1 Å². The van der Waals surface area contributed by atoms with Crippen molar-refractivity contribution in [2.24, 2.45) is 4.99 Å². The fourth-order valence-corrected chi connectivity index (χ4v) is 3.89. The van der Waals surface area contributed by atoms with Crippen LogP contribution in [0.3, 0.4) is 0 Å². The molecule has 2 rings (SSSR count). The number of nitrogens with zero attached hydrogens (tertiary/aromatic N) is 2. The molecule has 0 radical (unpaired) electrons. The van der Waals surface area contributed by atoms with Crippen LogP contribution >= 0.6 is 23.2 Å². The van der Waals surface area contributed by atoms with E-state index in [0.29, 0.717) is 28.5 Å². The third kappa shape index (κ3) is 5.52. The molecule has 2 N–H and O–H groups in total. The number of benzene rings is 1. The molecule has 0 spiro atoms. The lowest BCUT2D eigenvalue weighted by Gasteiger charge is -2.27. The highest BCUT2D eigenvalue weighted by Crippen LogP contribution is 2.26. The van der Waals surface area contributed by atoms with Crippen molar-refractivity contribution in [3.63, 3.8) is 0 Å². The van der Waals surface area contributed by atoms with Crippen LogP contribution in [0, 0.1) is 0 Å². The second kappa shape index (κ2) is 10.0. The molecule has 2 atom stereocenters. The molecule has 1 aliphatic rings. The van der Waals surface area contributed by atoms with Crippen LogP contribution in [0.25, 0.3) is 0 Å². The summed E-state index contributed by atoms with van der Waals surface area (Å²) in [6, 6.07) is 5.77. The molecule has 26 heavy (non-hydrogen) atoms. The highest BCUT2D eigenvalue weighted by molar-refractivity contribution is 6.35. The maximum Gasteiger partial charge on any atom is 0.222 e.